The van der Waals surface area contributed by atoms with E-state index in [1.165, 1.54) is 135 Å². The molecule has 0 radical (unpaired) electrons. The fraction of sp³-hybridized carbons (Fsp3) is 0.718. The van der Waals surface area contributed by atoms with Gasteiger partial charge in [0.25, 0.3) is 0 Å². The molecule has 81 heavy (non-hydrogen) atoms. The minimum atomic E-state index is -4.46. The molecule has 3 unspecified atom stereocenters. The first kappa shape index (κ1) is 77.7. The van der Waals surface area contributed by atoms with Crippen LogP contribution in [0.5, 0.6) is 0 Å². The van der Waals surface area contributed by atoms with E-state index >= 15 is 0 Å². The highest BCUT2D eigenvalue weighted by Gasteiger charge is 2.30. The van der Waals surface area contributed by atoms with Crippen LogP contribution in [-0.4, -0.2) is 74.3 Å². The molecule has 0 aliphatic heterocycles. The zero-order valence-electron chi connectivity index (χ0n) is 53.2. The van der Waals surface area contributed by atoms with Crippen molar-refractivity contribution < 1.29 is 37.3 Å². The Kier molecular flexibility index (Phi) is 57.4. The van der Waals surface area contributed by atoms with Crippen LogP contribution >= 0.6 is 7.82 Å². The van der Waals surface area contributed by atoms with Crippen LogP contribution in [0.1, 0.15) is 278 Å². The maximum Gasteiger partial charge on any atom is 0.472 e. The summed E-state index contributed by atoms with van der Waals surface area (Å²) >= 11 is 0. The third kappa shape index (κ3) is 61.1. The average molecular weight is 1150 g/mol. The molecule has 0 spiro atoms. The molecule has 9 nitrogen and oxygen atoms in total. The average Bonchev–Trinajstić information content (AvgIpc) is 3.44. The van der Waals surface area contributed by atoms with Gasteiger partial charge in [0, 0.05) is 12.8 Å². The summed E-state index contributed by atoms with van der Waals surface area (Å²) < 4.78 is 30.8. The largest absolute Gasteiger partial charge is 0.472 e. The van der Waals surface area contributed by atoms with Crippen molar-refractivity contribution in [1.82, 2.24) is 5.32 Å². The van der Waals surface area contributed by atoms with Crippen molar-refractivity contribution in [3.63, 3.8) is 0 Å². The lowest BCUT2D eigenvalue weighted by Crippen LogP contribution is -2.47. The molecular formula is C71H126N2O7P+. The van der Waals surface area contributed by atoms with Gasteiger partial charge in [-0.15, -0.1) is 0 Å². The molecule has 0 aromatic rings. The Morgan fingerprint density at radius 2 is 0.852 bits per heavy atom. The zero-order valence-corrected chi connectivity index (χ0v) is 54.1. The molecule has 0 bridgehead atoms. The van der Waals surface area contributed by atoms with Gasteiger partial charge in [0.2, 0.25) is 5.91 Å². The van der Waals surface area contributed by atoms with E-state index in [0.29, 0.717) is 17.4 Å². The van der Waals surface area contributed by atoms with E-state index in [1.54, 1.807) is 0 Å². The molecule has 0 aliphatic carbocycles. The van der Waals surface area contributed by atoms with Crippen LogP contribution < -0.4 is 5.32 Å². The standard InChI is InChI=1S/C71H125N2O7P/c1-7-10-13-16-19-22-25-28-30-31-32-33-34-35-36-37-38-39-40-41-43-46-49-52-55-58-61-64-71(75)80-69(62-59-56-53-50-47-44-27-24-21-18-15-12-9-3)68(67-79-81(76,77)78-66-65-73(4,5)6)72-70(74)63-60-57-54-51-48-45-42-29-26-23-20-17-14-11-8-2/h10-11,13-14,17,19-20,22-23,26,28,30,32-33,35-36,59,62,68-69H,7-9,12,15-16,18,21,24-25,27,29,31,34,37-58,60-61,63-67H2,1-6H3,(H-,72,74,76,77)/p+1/b13-10-,14-11+,20-17+,22-19-,26-23+,30-28-,33-32-,36-35-,62-59-. The number of allylic oxidation sites excluding steroid dienone is 17. The predicted molar refractivity (Wildman–Crippen MR) is 350 cm³/mol. The monoisotopic (exact) mass is 1150 g/mol. The summed E-state index contributed by atoms with van der Waals surface area (Å²) in [4.78, 5) is 37.8. The second kappa shape index (κ2) is 59.8. The first-order valence-electron chi connectivity index (χ1n) is 33.2. The lowest BCUT2D eigenvalue weighted by atomic mass is 10.0. The number of phosphoric acid groups is 1. The van der Waals surface area contributed by atoms with Gasteiger partial charge in [0.15, 0.2) is 0 Å². The van der Waals surface area contributed by atoms with Crippen molar-refractivity contribution in [2.45, 2.75) is 290 Å². The number of esters is 1. The van der Waals surface area contributed by atoms with E-state index in [-0.39, 0.29) is 31.5 Å². The summed E-state index contributed by atoms with van der Waals surface area (Å²) in [6.07, 6.45) is 82.3. The molecule has 0 fully saturated rings. The normalized spacial score (nSPS) is 14.3. The van der Waals surface area contributed by atoms with Gasteiger partial charge in [0.1, 0.15) is 19.3 Å². The van der Waals surface area contributed by atoms with Gasteiger partial charge in [-0.1, -0.05) is 278 Å². The number of hydrogen-bond acceptors (Lipinski definition) is 6. The van der Waals surface area contributed by atoms with Crippen LogP contribution in [0.25, 0.3) is 0 Å². The van der Waals surface area contributed by atoms with Crippen LogP contribution in [0.4, 0.5) is 0 Å². The number of nitrogens with one attached hydrogen (secondary N) is 1. The van der Waals surface area contributed by atoms with Crippen LogP contribution in [0, 0.1) is 0 Å². The number of rotatable bonds is 59. The number of amides is 1. The number of phosphoric ester groups is 1. The lowest BCUT2D eigenvalue weighted by molar-refractivity contribution is -0.870. The number of quaternary nitrogens is 1. The number of unbranched alkanes of at least 4 members (excludes halogenated alkanes) is 29. The van der Waals surface area contributed by atoms with E-state index in [2.05, 4.69) is 123 Å². The molecule has 0 saturated carbocycles. The molecule has 0 aromatic carbocycles. The molecular weight excluding hydrogens is 1020 g/mol. The minimum absolute atomic E-state index is 0.0326. The molecule has 2 N–H and O–H groups in total. The molecule has 0 aromatic heterocycles. The predicted octanol–water partition coefficient (Wildman–Crippen LogP) is 20.9. The van der Waals surface area contributed by atoms with Crippen LogP contribution in [-0.2, 0) is 27.9 Å². The van der Waals surface area contributed by atoms with Gasteiger partial charge in [-0.05, 0) is 96.0 Å². The number of carbonyl (C=O) groups excluding carboxylic acids is 2. The van der Waals surface area contributed by atoms with Crippen molar-refractivity contribution in [2.24, 2.45) is 0 Å². The maximum absolute atomic E-state index is 13.6. The van der Waals surface area contributed by atoms with E-state index in [9.17, 15) is 19.0 Å². The molecule has 0 rings (SSSR count). The van der Waals surface area contributed by atoms with Crippen LogP contribution in [0.15, 0.2) is 109 Å². The zero-order chi connectivity index (χ0) is 59.3. The summed E-state index contributed by atoms with van der Waals surface area (Å²) in [7, 11) is 1.48. The summed E-state index contributed by atoms with van der Waals surface area (Å²) in [5, 5.41) is 3.05. The first-order valence-corrected chi connectivity index (χ1v) is 34.7. The highest BCUT2D eigenvalue weighted by atomic mass is 31.2. The van der Waals surface area contributed by atoms with Gasteiger partial charge in [-0.3, -0.25) is 18.6 Å². The third-order valence-corrected chi connectivity index (χ3v) is 15.3. The lowest BCUT2D eigenvalue weighted by Gasteiger charge is -2.27. The van der Waals surface area contributed by atoms with Gasteiger partial charge >= 0.3 is 13.8 Å². The summed E-state index contributed by atoms with van der Waals surface area (Å²) in [5.74, 6) is -0.524. The van der Waals surface area contributed by atoms with Crippen molar-refractivity contribution >= 4 is 19.7 Å². The van der Waals surface area contributed by atoms with Gasteiger partial charge < -0.3 is 19.4 Å². The third-order valence-electron chi connectivity index (χ3n) is 14.3. The smallest absolute Gasteiger partial charge is 0.456 e. The Hall–Kier alpha value is -3.33. The highest BCUT2D eigenvalue weighted by molar-refractivity contribution is 7.47. The molecule has 0 heterocycles. The number of hydrogen-bond donors (Lipinski definition) is 2. The SMILES string of the molecule is CC/C=C\C/C=C\C/C=C\C/C=C\C/C=C\CCCCCCCCCCCCCC(=O)OC(/C=C\CCCCCCCCCCCCC)C(COP(=O)(O)OCC[N+](C)(C)C)NC(=O)CCCCCCCCC/C=C/C=C/C=C/CC. The quantitative estimate of drug-likeness (QED) is 0.0156. The number of carbonyl (C=O) groups is 2. The van der Waals surface area contributed by atoms with Crippen molar-refractivity contribution in [2.75, 3.05) is 40.9 Å². The van der Waals surface area contributed by atoms with E-state index in [0.717, 1.165) is 109 Å². The Balaban J connectivity index is 5.12. The minimum Gasteiger partial charge on any atom is -0.456 e. The maximum atomic E-state index is 13.6. The molecule has 466 valence electrons. The fourth-order valence-electron chi connectivity index (χ4n) is 9.20. The first-order chi connectivity index (χ1) is 39.4. The van der Waals surface area contributed by atoms with E-state index in [1.807, 2.05) is 33.3 Å². The Bertz CT molecular complexity index is 1750. The van der Waals surface area contributed by atoms with Gasteiger partial charge in [-0.25, -0.2) is 4.57 Å². The second-order valence-corrected chi connectivity index (χ2v) is 24.7. The summed E-state index contributed by atoms with van der Waals surface area (Å²) in [6.45, 7) is 6.76. The number of ether oxygens (including phenoxy) is 1. The fourth-order valence-corrected chi connectivity index (χ4v) is 9.94. The Morgan fingerprint density at radius 3 is 1.32 bits per heavy atom. The van der Waals surface area contributed by atoms with Gasteiger partial charge in [0.05, 0.1) is 33.8 Å². The topological polar surface area (TPSA) is 111 Å². The van der Waals surface area contributed by atoms with Crippen LogP contribution in [0.3, 0.4) is 0 Å². The molecule has 10 heteroatoms. The molecule has 1 amide bonds. The van der Waals surface area contributed by atoms with Gasteiger partial charge in [-0.2, -0.15) is 0 Å². The second-order valence-electron chi connectivity index (χ2n) is 23.3. The summed E-state index contributed by atoms with van der Waals surface area (Å²) in [6, 6.07) is -0.862. The Labute approximate surface area is 500 Å². The van der Waals surface area contributed by atoms with Crippen LogP contribution in [0.2, 0.25) is 0 Å². The number of nitrogens with zero attached hydrogens (tertiary/aromatic N) is 1. The van der Waals surface area contributed by atoms with Crippen molar-refractivity contribution in [3.8, 4) is 0 Å². The van der Waals surface area contributed by atoms with E-state index in [4.69, 9.17) is 13.8 Å². The highest BCUT2D eigenvalue weighted by Crippen LogP contribution is 2.43. The van der Waals surface area contributed by atoms with Crippen molar-refractivity contribution in [1.29, 1.82) is 0 Å². The molecule has 3 atom stereocenters. The number of likely N-dealkylation sites (N-methyl/N-ethyl adjacent to an activating group) is 1. The Morgan fingerprint density at radius 1 is 0.457 bits per heavy atom. The molecule has 0 aliphatic rings. The van der Waals surface area contributed by atoms with Crippen molar-refractivity contribution in [3.05, 3.63) is 109 Å². The summed E-state index contributed by atoms with van der Waals surface area (Å²) in [5.41, 5.74) is 0. The molecule has 0 saturated heterocycles. The van der Waals surface area contributed by atoms with E-state index < -0.39 is 20.0 Å².